The number of hydrogen-bond acceptors (Lipinski definition) is 5. The van der Waals surface area contributed by atoms with Crippen molar-refractivity contribution in [3.05, 3.63) is 89.5 Å². The van der Waals surface area contributed by atoms with Gasteiger partial charge in [-0.2, -0.15) is 0 Å². The number of unbranched alkanes of at least 4 members (excludes halogenated alkanes) is 1. The monoisotopic (exact) mass is 433 g/mol. The number of benzene rings is 3. The van der Waals surface area contributed by atoms with Crippen molar-refractivity contribution < 1.29 is 24.5 Å². The molecule has 0 fully saturated rings. The minimum Gasteiger partial charge on any atom is -0.508 e. The first-order chi connectivity index (χ1) is 15.5. The number of phenols is 1. The van der Waals surface area contributed by atoms with E-state index in [9.17, 15) is 14.7 Å². The molecule has 0 aliphatic carbocycles. The second-order valence-corrected chi connectivity index (χ2v) is 7.52. The van der Waals surface area contributed by atoms with Crippen LogP contribution in [-0.4, -0.2) is 28.6 Å². The SMILES string of the molecule is CCCCOc1ccc(C(CC(=O)c2ccc(O)cc2)Nc2ccc(C(=O)O)cc2)cc1. The van der Waals surface area contributed by atoms with E-state index >= 15 is 0 Å². The van der Waals surface area contributed by atoms with Gasteiger partial charge in [-0.1, -0.05) is 25.5 Å². The third-order valence-corrected chi connectivity index (χ3v) is 5.10. The predicted octanol–water partition coefficient (Wildman–Crippen LogP) is 5.70. The molecule has 3 aromatic carbocycles. The van der Waals surface area contributed by atoms with E-state index in [0.717, 1.165) is 24.2 Å². The van der Waals surface area contributed by atoms with Gasteiger partial charge in [-0.25, -0.2) is 4.79 Å². The molecule has 32 heavy (non-hydrogen) atoms. The fourth-order valence-corrected chi connectivity index (χ4v) is 3.24. The van der Waals surface area contributed by atoms with E-state index in [-0.39, 0.29) is 29.6 Å². The Labute approximate surface area is 187 Å². The summed E-state index contributed by atoms with van der Waals surface area (Å²) in [6.45, 7) is 2.77. The van der Waals surface area contributed by atoms with Crippen molar-refractivity contribution >= 4 is 17.4 Å². The number of phenolic OH excluding ortho intramolecular Hbond substituents is 1. The normalized spacial score (nSPS) is 11.5. The van der Waals surface area contributed by atoms with Crippen molar-refractivity contribution in [2.45, 2.75) is 32.2 Å². The topological polar surface area (TPSA) is 95.9 Å². The second-order valence-electron chi connectivity index (χ2n) is 7.52. The number of nitrogens with one attached hydrogen (secondary N) is 1. The van der Waals surface area contributed by atoms with Crippen LogP contribution in [0.25, 0.3) is 0 Å². The van der Waals surface area contributed by atoms with Gasteiger partial charge in [-0.05, 0) is 72.6 Å². The quantitative estimate of drug-likeness (QED) is 0.265. The number of anilines is 1. The lowest BCUT2D eigenvalue weighted by Gasteiger charge is -2.21. The molecule has 3 rings (SSSR count). The van der Waals surface area contributed by atoms with Crippen LogP contribution in [0.3, 0.4) is 0 Å². The highest BCUT2D eigenvalue weighted by Gasteiger charge is 2.18. The van der Waals surface area contributed by atoms with Gasteiger partial charge in [0.05, 0.1) is 18.2 Å². The molecule has 3 aromatic rings. The van der Waals surface area contributed by atoms with E-state index < -0.39 is 5.97 Å². The Hall–Kier alpha value is -3.80. The number of hydrogen-bond donors (Lipinski definition) is 3. The molecule has 0 heterocycles. The molecule has 3 N–H and O–H groups in total. The number of carboxylic acids is 1. The van der Waals surface area contributed by atoms with Crippen LogP contribution in [0.2, 0.25) is 0 Å². The van der Waals surface area contributed by atoms with Gasteiger partial charge in [0.25, 0.3) is 0 Å². The second kappa shape index (κ2) is 11.0. The predicted molar refractivity (Wildman–Crippen MR) is 124 cm³/mol. The molecule has 166 valence electrons. The number of carbonyl (C=O) groups is 2. The minimum atomic E-state index is -0.991. The van der Waals surface area contributed by atoms with E-state index in [4.69, 9.17) is 9.84 Å². The highest BCUT2D eigenvalue weighted by Crippen LogP contribution is 2.27. The Bertz CT molecular complexity index is 1030. The van der Waals surface area contributed by atoms with E-state index in [1.165, 1.54) is 24.3 Å². The summed E-state index contributed by atoms with van der Waals surface area (Å²) < 4.78 is 5.73. The molecule has 0 aliphatic heterocycles. The van der Waals surface area contributed by atoms with Crippen LogP contribution < -0.4 is 10.1 Å². The Kier molecular flexibility index (Phi) is 7.86. The maximum atomic E-state index is 12.9. The number of ketones is 1. The van der Waals surface area contributed by atoms with Crippen LogP contribution in [-0.2, 0) is 0 Å². The lowest BCUT2D eigenvalue weighted by Crippen LogP contribution is -2.16. The lowest BCUT2D eigenvalue weighted by atomic mass is 9.97. The van der Waals surface area contributed by atoms with Gasteiger partial charge in [-0.15, -0.1) is 0 Å². The molecule has 0 aromatic heterocycles. The van der Waals surface area contributed by atoms with Gasteiger partial charge in [0.15, 0.2) is 5.78 Å². The Morgan fingerprint density at radius 1 is 0.906 bits per heavy atom. The van der Waals surface area contributed by atoms with Crippen molar-refractivity contribution in [2.24, 2.45) is 0 Å². The molecule has 0 saturated carbocycles. The number of aromatic hydroxyl groups is 1. The summed E-state index contributed by atoms with van der Waals surface area (Å²) >= 11 is 0. The summed E-state index contributed by atoms with van der Waals surface area (Å²) in [5.41, 5.74) is 2.32. The van der Waals surface area contributed by atoms with Gasteiger partial charge in [0, 0.05) is 17.7 Å². The summed E-state index contributed by atoms with van der Waals surface area (Å²) in [5, 5.41) is 21.9. The number of rotatable bonds is 11. The highest BCUT2D eigenvalue weighted by atomic mass is 16.5. The number of ether oxygens (including phenoxy) is 1. The molecule has 0 spiro atoms. The third kappa shape index (κ3) is 6.35. The van der Waals surface area contributed by atoms with Gasteiger partial charge in [0.2, 0.25) is 0 Å². The van der Waals surface area contributed by atoms with Gasteiger partial charge in [0.1, 0.15) is 11.5 Å². The van der Waals surface area contributed by atoms with Crippen molar-refractivity contribution in [1.82, 2.24) is 0 Å². The number of aromatic carboxylic acids is 1. The van der Waals surface area contributed by atoms with Gasteiger partial charge >= 0.3 is 5.97 Å². The molecule has 0 saturated heterocycles. The fraction of sp³-hybridized carbons (Fsp3) is 0.231. The largest absolute Gasteiger partial charge is 0.508 e. The molecule has 0 radical (unpaired) electrons. The summed E-state index contributed by atoms with van der Waals surface area (Å²) in [5.74, 6) is -0.188. The van der Waals surface area contributed by atoms with E-state index in [0.29, 0.717) is 17.9 Å². The smallest absolute Gasteiger partial charge is 0.335 e. The van der Waals surface area contributed by atoms with E-state index in [1.54, 1.807) is 24.3 Å². The van der Waals surface area contributed by atoms with Crippen LogP contribution >= 0.6 is 0 Å². The maximum absolute atomic E-state index is 12.9. The van der Waals surface area contributed by atoms with Gasteiger partial charge < -0.3 is 20.3 Å². The van der Waals surface area contributed by atoms with Crippen LogP contribution in [0.15, 0.2) is 72.8 Å². The molecule has 1 atom stereocenters. The van der Waals surface area contributed by atoms with Crippen molar-refractivity contribution in [2.75, 3.05) is 11.9 Å². The molecule has 0 amide bonds. The summed E-state index contributed by atoms with van der Waals surface area (Å²) in [7, 11) is 0. The molecule has 6 heteroatoms. The first kappa shape index (κ1) is 22.9. The zero-order valence-electron chi connectivity index (χ0n) is 18.0. The first-order valence-electron chi connectivity index (χ1n) is 10.6. The van der Waals surface area contributed by atoms with Crippen LogP contribution in [0.1, 0.15) is 58.5 Å². The van der Waals surface area contributed by atoms with Crippen LogP contribution in [0, 0.1) is 0 Å². The standard InChI is InChI=1S/C26H27NO5/c1-2-3-16-32-23-14-8-18(9-15-23)24(17-25(29)19-6-12-22(28)13-7-19)27-21-10-4-20(5-11-21)26(30)31/h4-15,24,27-28H,2-3,16-17H2,1H3,(H,30,31). The van der Waals surface area contributed by atoms with E-state index in [2.05, 4.69) is 12.2 Å². The Balaban J connectivity index is 1.80. The molecular weight excluding hydrogens is 406 g/mol. The summed E-state index contributed by atoms with van der Waals surface area (Å²) in [6.07, 6.45) is 2.23. The highest BCUT2D eigenvalue weighted by molar-refractivity contribution is 5.96. The number of Topliss-reactive ketones (excluding diaryl/α,β-unsaturated/α-hetero) is 1. The fourth-order valence-electron chi connectivity index (χ4n) is 3.24. The summed E-state index contributed by atoms with van der Waals surface area (Å²) in [6, 6.07) is 19.9. The maximum Gasteiger partial charge on any atom is 0.335 e. The lowest BCUT2D eigenvalue weighted by molar-refractivity contribution is 0.0696. The molecule has 0 bridgehead atoms. The minimum absolute atomic E-state index is 0.0760. The Morgan fingerprint density at radius 2 is 1.53 bits per heavy atom. The Morgan fingerprint density at radius 3 is 2.12 bits per heavy atom. The van der Waals surface area contributed by atoms with Crippen molar-refractivity contribution in [3.8, 4) is 11.5 Å². The zero-order valence-corrected chi connectivity index (χ0v) is 18.0. The van der Waals surface area contributed by atoms with Crippen LogP contribution in [0.5, 0.6) is 11.5 Å². The molecule has 6 nitrogen and oxygen atoms in total. The number of carboxylic acid groups (broad SMARTS) is 1. The zero-order chi connectivity index (χ0) is 22.9. The third-order valence-electron chi connectivity index (χ3n) is 5.10. The van der Waals surface area contributed by atoms with Crippen LogP contribution in [0.4, 0.5) is 5.69 Å². The van der Waals surface area contributed by atoms with E-state index in [1.807, 2.05) is 24.3 Å². The number of carbonyl (C=O) groups excluding carboxylic acids is 1. The first-order valence-corrected chi connectivity index (χ1v) is 10.6. The van der Waals surface area contributed by atoms with Crippen molar-refractivity contribution in [1.29, 1.82) is 0 Å². The molecule has 0 aliphatic rings. The van der Waals surface area contributed by atoms with Gasteiger partial charge in [-0.3, -0.25) is 4.79 Å². The van der Waals surface area contributed by atoms with Crippen molar-refractivity contribution in [3.63, 3.8) is 0 Å². The average molecular weight is 434 g/mol. The average Bonchev–Trinajstić information content (AvgIpc) is 2.80. The summed E-state index contributed by atoms with van der Waals surface area (Å²) in [4.78, 5) is 24.0. The molecular formula is C26H27NO5. The molecule has 1 unspecified atom stereocenters.